The first kappa shape index (κ1) is 14.3. The number of fused-ring (bicyclic) bond motifs is 1. The molecule has 0 spiro atoms. The number of hydrogen-bond acceptors (Lipinski definition) is 3. The van der Waals surface area contributed by atoms with E-state index in [1.807, 2.05) is 24.3 Å². The summed E-state index contributed by atoms with van der Waals surface area (Å²) in [6.45, 7) is 0.753. The van der Waals surface area contributed by atoms with Crippen LogP contribution in [0.2, 0.25) is 0 Å². The van der Waals surface area contributed by atoms with Gasteiger partial charge in [0.1, 0.15) is 5.75 Å². The monoisotopic (exact) mass is 298 g/mol. The van der Waals surface area contributed by atoms with Crippen molar-refractivity contribution in [1.82, 2.24) is 0 Å². The van der Waals surface area contributed by atoms with Gasteiger partial charge in [-0.3, -0.25) is 4.79 Å². The number of aromatic hydroxyl groups is 1. The molecule has 1 N–H and O–H groups in total. The summed E-state index contributed by atoms with van der Waals surface area (Å²) in [5, 5.41) is 9.40. The minimum atomic E-state index is -0.803. The highest BCUT2D eigenvalue weighted by Crippen LogP contribution is 2.27. The molecule has 0 radical (unpaired) electrons. The van der Waals surface area contributed by atoms with Crippen LogP contribution in [-0.4, -0.2) is 18.0 Å². The molecule has 4 heteroatoms. The van der Waals surface area contributed by atoms with Crippen molar-refractivity contribution in [1.29, 1.82) is 0 Å². The molecule has 22 heavy (non-hydrogen) atoms. The van der Waals surface area contributed by atoms with Crippen molar-refractivity contribution in [3.8, 4) is 11.5 Å². The highest BCUT2D eigenvalue weighted by Gasteiger charge is 2.10. The number of hydrogen-bond donors (Lipinski definition) is 1. The Kier molecular flexibility index (Phi) is 3.92. The lowest BCUT2D eigenvalue weighted by atomic mass is 10.0. The van der Waals surface area contributed by atoms with Crippen molar-refractivity contribution in [3.63, 3.8) is 0 Å². The van der Waals surface area contributed by atoms with Gasteiger partial charge in [-0.2, -0.15) is 0 Å². The summed E-state index contributed by atoms with van der Waals surface area (Å²) >= 11 is 0. The van der Waals surface area contributed by atoms with E-state index in [0.717, 1.165) is 30.8 Å². The van der Waals surface area contributed by atoms with Crippen molar-refractivity contribution >= 4 is 18.4 Å². The summed E-state index contributed by atoms with van der Waals surface area (Å²) < 4.78 is 19.1. The maximum absolute atomic E-state index is 13.5. The van der Waals surface area contributed by atoms with Crippen LogP contribution in [0.25, 0.3) is 12.2 Å². The second-order valence-corrected chi connectivity index (χ2v) is 5.21. The fourth-order valence-corrected chi connectivity index (χ4v) is 2.50. The molecule has 3 rings (SSSR count). The van der Waals surface area contributed by atoms with E-state index in [1.165, 1.54) is 17.7 Å². The predicted octanol–water partition coefficient (Wildman–Crippen LogP) is 3.84. The van der Waals surface area contributed by atoms with Gasteiger partial charge in [-0.05, 0) is 53.8 Å². The topological polar surface area (TPSA) is 46.5 Å². The molecule has 1 aliphatic heterocycles. The van der Waals surface area contributed by atoms with Crippen LogP contribution in [-0.2, 0) is 6.42 Å². The van der Waals surface area contributed by atoms with Gasteiger partial charge >= 0.3 is 0 Å². The molecular formula is C18H15FO3. The Labute approximate surface area is 127 Å². The number of aryl methyl sites for hydroxylation is 1. The van der Waals surface area contributed by atoms with E-state index in [0.29, 0.717) is 11.8 Å². The van der Waals surface area contributed by atoms with Crippen LogP contribution in [0.1, 0.15) is 33.5 Å². The SMILES string of the molecule is O=Cc1cc(C=Cc2ccc3c(c2)CCCO3)cc(F)c1O. The van der Waals surface area contributed by atoms with Gasteiger partial charge in [0.05, 0.1) is 12.2 Å². The van der Waals surface area contributed by atoms with Gasteiger partial charge in [0, 0.05) is 0 Å². The molecule has 0 saturated heterocycles. The standard InChI is InChI=1S/C18H15FO3/c19-16-10-13(9-15(11-20)18(16)21)4-3-12-5-6-17-14(8-12)2-1-7-22-17/h3-6,8-11,21H,1-2,7H2. The Bertz CT molecular complexity index is 750. The van der Waals surface area contributed by atoms with Crippen LogP contribution in [0.15, 0.2) is 30.3 Å². The second kappa shape index (κ2) is 6.02. The molecule has 0 bridgehead atoms. The predicted molar refractivity (Wildman–Crippen MR) is 82.6 cm³/mol. The van der Waals surface area contributed by atoms with Crippen LogP contribution in [0, 0.1) is 5.82 Å². The summed E-state index contributed by atoms with van der Waals surface area (Å²) in [5.41, 5.74) is 2.61. The van der Waals surface area contributed by atoms with E-state index in [9.17, 15) is 14.3 Å². The molecule has 0 aliphatic carbocycles. The molecule has 1 aliphatic rings. The molecule has 0 amide bonds. The summed E-state index contributed by atoms with van der Waals surface area (Å²) in [7, 11) is 0. The zero-order valence-electron chi connectivity index (χ0n) is 11.9. The van der Waals surface area contributed by atoms with Crippen molar-refractivity contribution in [2.24, 2.45) is 0 Å². The maximum Gasteiger partial charge on any atom is 0.166 e. The number of phenols is 1. The molecule has 1 heterocycles. The summed E-state index contributed by atoms with van der Waals surface area (Å²) in [5.74, 6) is -0.497. The van der Waals surface area contributed by atoms with Crippen LogP contribution in [0.4, 0.5) is 4.39 Å². The lowest BCUT2D eigenvalue weighted by molar-refractivity contribution is 0.112. The number of carbonyl (C=O) groups is 1. The third kappa shape index (κ3) is 2.86. The van der Waals surface area contributed by atoms with E-state index in [4.69, 9.17) is 4.74 Å². The molecule has 3 nitrogen and oxygen atoms in total. The van der Waals surface area contributed by atoms with E-state index >= 15 is 0 Å². The van der Waals surface area contributed by atoms with E-state index in [-0.39, 0.29) is 5.56 Å². The van der Waals surface area contributed by atoms with Crippen LogP contribution in [0.3, 0.4) is 0 Å². The first-order valence-corrected chi connectivity index (χ1v) is 7.09. The molecule has 2 aromatic rings. The molecule has 0 fully saturated rings. The average Bonchev–Trinajstić information content (AvgIpc) is 2.55. The van der Waals surface area contributed by atoms with E-state index < -0.39 is 11.6 Å². The van der Waals surface area contributed by atoms with Crippen LogP contribution in [0.5, 0.6) is 11.5 Å². The van der Waals surface area contributed by atoms with Gasteiger partial charge in [0.15, 0.2) is 17.9 Å². The number of aldehydes is 1. The Morgan fingerprint density at radius 1 is 1.14 bits per heavy atom. The summed E-state index contributed by atoms with van der Waals surface area (Å²) in [6.07, 6.45) is 5.98. The van der Waals surface area contributed by atoms with E-state index in [1.54, 1.807) is 6.08 Å². The summed E-state index contributed by atoms with van der Waals surface area (Å²) in [4.78, 5) is 10.8. The number of carbonyl (C=O) groups excluding carboxylic acids is 1. The molecular weight excluding hydrogens is 283 g/mol. The molecule has 2 aromatic carbocycles. The quantitative estimate of drug-likeness (QED) is 0.692. The van der Waals surface area contributed by atoms with Crippen molar-refractivity contribution in [3.05, 3.63) is 58.4 Å². The molecule has 0 atom stereocenters. The van der Waals surface area contributed by atoms with Gasteiger partial charge < -0.3 is 9.84 Å². The first-order chi connectivity index (χ1) is 10.7. The van der Waals surface area contributed by atoms with Crippen LogP contribution < -0.4 is 4.74 Å². The first-order valence-electron chi connectivity index (χ1n) is 7.09. The third-order valence-electron chi connectivity index (χ3n) is 3.64. The zero-order chi connectivity index (χ0) is 15.5. The normalized spacial score (nSPS) is 13.7. The third-order valence-corrected chi connectivity index (χ3v) is 3.64. The van der Waals surface area contributed by atoms with Gasteiger partial charge in [-0.1, -0.05) is 18.2 Å². The Morgan fingerprint density at radius 3 is 2.77 bits per heavy atom. The van der Waals surface area contributed by atoms with Gasteiger partial charge in [0.25, 0.3) is 0 Å². The summed E-state index contributed by atoms with van der Waals surface area (Å²) in [6, 6.07) is 8.55. The van der Waals surface area contributed by atoms with Gasteiger partial charge in [0.2, 0.25) is 0 Å². The number of ether oxygens (including phenoxy) is 1. The average molecular weight is 298 g/mol. The Morgan fingerprint density at radius 2 is 1.95 bits per heavy atom. The highest BCUT2D eigenvalue weighted by atomic mass is 19.1. The fourth-order valence-electron chi connectivity index (χ4n) is 2.50. The Balaban J connectivity index is 1.88. The molecule has 0 aromatic heterocycles. The lowest BCUT2D eigenvalue weighted by Crippen LogP contribution is -2.07. The minimum absolute atomic E-state index is 0.0570. The lowest BCUT2D eigenvalue weighted by Gasteiger charge is -2.17. The molecule has 0 saturated carbocycles. The highest BCUT2D eigenvalue weighted by molar-refractivity contribution is 5.82. The van der Waals surface area contributed by atoms with Crippen molar-refractivity contribution in [2.45, 2.75) is 12.8 Å². The zero-order valence-corrected chi connectivity index (χ0v) is 11.9. The maximum atomic E-state index is 13.5. The van der Waals surface area contributed by atoms with E-state index in [2.05, 4.69) is 0 Å². The number of phenolic OH excluding ortho intramolecular Hbond substituents is 1. The second-order valence-electron chi connectivity index (χ2n) is 5.21. The minimum Gasteiger partial charge on any atom is -0.504 e. The number of benzene rings is 2. The Hall–Kier alpha value is -2.62. The van der Waals surface area contributed by atoms with Gasteiger partial charge in [-0.25, -0.2) is 4.39 Å². The number of rotatable bonds is 3. The molecule has 0 unspecified atom stereocenters. The largest absolute Gasteiger partial charge is 0.504 e. The van der Waals surface area contributed by atoms with Crippen molar-refractivity contribution < 1.29 is 19.0 Å². The smallest absolute Gasteiger partial charge is 0.166 e. The molecule has 112 valence electrons. The van der Waals surface area contributed by atoms with Crippen LogP contribution >= 0.6 is 0 Å². The van der Waals surface area contributed by atoms with Gasteiger partial charge in [-0.15, -0.1) is 0 Å². The number of halogens is 1. The van der Waals surface area contributed by atoms with Crippen molar-refractivity contribution in [2.75, 3.05) is 6.61 Å². The fraction of sp³-hybridized carbons (Fsp3) is 0.167.